The Balaban J connectivity index is 0.000000228. The molecule has 12 nitrogen and oxygen atoms in total. The summed E-state index contributed by atoms with van der Waals surface area (Å²) in [7, 11) is 0. The van der Waals surface area contributed by atoms with E-state index in [1.165, 1.54) is 0 Å². The van der Waals surface area contributed by atoms with Crippen LogP contribution in [0, 0.1) is 0 Å². The Hall–Kier alpha value is -6.04. The first kappa shape index (κ1) is 45.1. The smallest absolute Gasteiger partial charge is 0.410 e. The van der Waals surface area contributed by atoms with Crippen LogP contribution in [-0.4, -0.2) is 70.5 Å². The van der Waals surface area contributed by atoms with Crippen molar-refractivity contribution in [3.8, 4) is 0 Å². The van der Waals surface area contributed by atoms with Crippen molar-refractivity contribution in [2.24, 2.45) is 0 Å². The van der Waals surface area contributed by atoms with Crippen LogP contribution < -0.4 is 10.6 Å². The lowest BCUT2D eigenvalue weighted by atomic mass is 9.92. The highest BCUT2D eigenvalue weighted by atomic mass is 16.6. The maximum Gasteiger partial charge on any atom is 0.410 e. The number of amides is 4. The molecule has 0 saturated carbocycles. The molecule has 12 heteroatoms. The Morgan fingerprint density at radius 3 is 1.15 bits per heavy atom. The molecule has 2 aliphatic heterocycles. The summed E-state index contributed by atoms with van der Waals surface area (Å²) in [5, 5.41) is 5.91. The number of rotatable bonds is 8. The molecule has 0 aliphatic carbocycles. The van der Waals surface area contributed by atoms with E-state index in [9.17, 15) is 19.2 Å². The second kappa shape index (κ2) is 21.3. The Morgan fingerprint density at radius 1 is 0.517 bits per heavy atom. The van der Waals surface area contributed by atoms with Gasteiger partial charge in [-0.15, -0.1) is 0 Å². The van der Waals surface area contributed by atoms with Crippen molar-refractivity contribution in [1.29, 1.82) is 0 Å². The standard InChI is InChI=1S/2C24H30N2O4/c2*1-24(2,3)30-23(28)26-15-14-20(16-21(26)19-12-8-5-9-13-19)25-22(27)29-17-18-10-6-4-7-11-18/h2*4-13,20-21H,14-17H2,1-3H3,(H,25,27). The molecule has 2 heterocycles. The second-order valence-electron chi connectivity index (χ2n) is 17.1. The zero-order valence-corrected chi connectivity index (χ0v) is 35.7. The number of alkyl carbamates (subject to hydrolysis) is 2. The van der Waals surface area contributed by atoms with E-state index in [0.717, 1.165) is 22.3 Å². The van der Waals surface area contributed by atoms with Crippen molar-refractivity contribution < 1.29 is 38.1 Å². The van der Waals surface area contributed by atoms with E-state index in [0.29, 0.717) is 38.8 Å². The monoisotopic (exact) mass is 820 g/mol. The number of ether oxygens (including phenoxy) is 4. The van der Waals surface area contributed by atoms with Gasteiger partial charge in [-0.25, -0.2) is 19.2 Å². The Labute approximate surface area is 354 Å². The summed E-state index contributed by atoms with van der Waals surface area (Å²) in [5.74, 6) is 0. The van der Waals surface area contributed by atoms with Gasteiger partial charge >= 0.3 is 24.4 Å². The highest BCUT2D eigenvalue weighted by molar-refractivity contribution is 5.71. The number of carbonyl (C=O) groups is 4. The summed E-state index contributed by atoms with van der Waals surface area (Å²) >= 11 is 0. The average molecular weight is 821 g/mol. The molecule has 60 heavy (non-hydrogen) atoms. The van der Waals surface area contributed by atoms with Crippen LogP contribution >= 0.6 is 0 Å². The Bertz CT molecular complexity index is 1810. The first-order valence-electron chi connectivity index (χ1n) is 20.7. The van der Waals surface area contributed by atoms with Crippen LogP contribution in [0.4, 0.5) is 19.2 Å². The summed E-state index contributed by atoms with van der Waals surface area (Å²) in [6, 6.07) is 38.3. The zero-order valence-electron chi connectivity index (χ0n) is 35.7. The van der Waals surface area contributed by atoms with Crippen molar-refractivity contribution >= 4 is 24.4 Å². The molecule has 4 aromatic carbocycles. The maximum atomic E-state index is 12.8. The molecule has 2 N–H and O–H groups in total. The predicted molar refractivity (Wildman–Crippen MR) is 230 cm³/mol. The lowest BCUT2D eigenvalue weighted by Gasteiger charge is -2.40. The second-order valence-corrected chi connectivity index (χ2v) is 17.1. The minimum absolute atomic E-state index is 0.0860. The normalized spacial score (nSPS) is 19.1. The molecule has 0 radical (unpaired) electrons. The number of carbonyl (C=O) groups excluding carboxylic acids is 4. The minimum atomic E-state index is -0.561. The first-order chi connectivity index (χ1) is 28.6. The molecule has 6 rings (SSSR count). The van der Waals surface area contributed by atoms with Gasteiger partial charge < -0.3 is 39.4 Å². The predicted octanol–water partition coefficient (Wildman–Crippen LogP) is 10.1. The summed E-state index contributed by atoms with van der Waals surface area (Å²) in [6.45, 7) is 12.6. The van der Waals surface area contributed by atoms with Gasteiger partial charge in [0.25, 0.3) is 0 Å². The number of hydrogen-bond acceptors (Lipinski definition) is 8. The fraction of sp³-hybridized carbons (Fsp3) is 0.417. The fourth-order valence-corrected chi connectivity index (χ4v) is 7.12. The average Bonchev–Trinajstić information content (AvgIpc) is 3.22. The third-order valence-corrected chi connectivity index (χ3v) is 9.90. The fourth-order valence-electron chi connectivity index (χ4n) is 7.12. The van der Waals surface area contributed by atoms with Crippen molar-refractivity contribution in [1.82, 2.24) is 20.4 Å². The molecule has 0 aromatic heterocycles. The zero-order chi connectivity index (χ0) is 43.1. The summed E-state index contributed by atoms with van der Waals surface area (Å²) in [6.07, 6.45) is 0.935. The third-order valence-electron chi connectivity index (χ3n) is 9.90. The van der Waals surface area contributed by atoms with E-state index < -0.39 is 23.4 Å². The number of nitrogens with one attached hydrogen (secondary N) is 2. The molecule has 4 atom stereocenters. The van der Waals surface area contributed by atoms with Gasteiger partial charge in [-0.1, -0.05) is 121 Å². The number of nitrogens with zero attached hydrogens (tertiary/aromatic N) is 2. The molecular weight excluding hydrogens is 761 g/mol. The van der Waals surface area contributed by atoms with Gasteiger partial charge in [0.05, 0.1) is 12.1 Å². The van der Waals surface area contributed by atoms with E-state index in [-0.39, 0.29) is 49.6 Å². The van der Waals surface area contributed by atoms with Gasteiger partial charge in [-0.3, -0.25) is 0 Å². The molecular formula is C48H60N4O8. The van der Waals surface area contributed by atoms with Crippen molar-refractivity contribution in [3.05, 3.63) is 144 Å². The number of likely N-dealkylation sites (tertiary alicyclic amines) is 2. The van der Waals surface area contributed by atoms with Gasteiger partial charge in [-0.2, -0.15) is 0 Å². The molecule has 320 valence electrons. The minimum Gasteiger partial charge on any atom is -0.445 e. The summed E-state index contributed by atoms with van der Waals surface area (Å²) in [5.41, 5.74) is 2.80. The van der Waals surface area contributed by atoms with Gasteiger partial charge in [0, 0.05) is 25.2 Å². The molecule has 2 fully saturated rings. The lowest BCUT2D eigenvalue weighted by molar-refractivity contribution is 0.00543. The number of piperidine rings is 2. The summed E-state index contributed by atoms with van der Waals surface area (Å²) in [4.78, 5) is 53.7. The van der Waals surface area contributed by atoms with Crippen LogP contribution in [0.15, 0.2) is 121 Å². The molecule has 2 aliphatic rings. The van der Waals surface area contributed by atoms with Crippen molar-refractivity contribution in [2.45, 2.75) is 116 Å². The Kier molecular flexibility index (Phi) is 16.0. The molecule has 4 amide bonds. The summed E-state index contributed by atoms with van der Waals surface area (Å²) < 4.78 is 21.9. The number of hydrogen-bond donors (Lipinski definition) is 2. The molecule has 4 unspecified atom stereocenters. The molecule has 0 spiro atoms. The van der Waals surface area contributed by atoms with Gasteiger partial charge in [0.1, 0.15) is 24.4 Å². The van der Waals surface area contributed by atoms with Crippen molar-refractivity contribution in [2.75, 3.05) is 13.1 Å². The molecule has 0 bridgehead atoms. The van der Waals surface area contributed by atoms with Gasteiger partial charge in [0.2, 0.25) is 0 Å². The van der Waals surface area contributed by atoms with Crippen LogP contribution in [0.1, 0.15) is 102 Å². The van der Waals surface area contributed by atoms with Crippen LogP contribution in [0.3, 0.4) is 0 Å². The first-order valence-corrected chi connectivity index (χ1v) is 20.7. The highest BCUT2D eigenvalue weighted by Crippen LogP contribution is 2.34. The SMILES string of the molecule is CC(C)(C)OC(=O)N1CCC(NC(=O)OCc2ccccc2)CC1c1ccccc1.CC(C)(C)OC(=O)N1CCC(NC(=O)OCc2ccccc2)CC1c1ccccc1. The van der Waals surface area contributed by atoms with E-state index in [4.69, 9.17) is 18.9 Å². The van der Waals surface area contributed by atoms with Crippen LogP contribution in [-0.2, 0) is 32.2 Å². The van der Waals surface area contributed by atoms with Gasteiger partial charge in [-0.05, 0) is 89.5 Å². The third kappa shape index (κ3) is 14.7. The van der Waals surface area contributed by atoms with E-state index >= 15 is 0 Å². The largest absolute Gasteiger partial charge is 0.445 e. The van der Waals surface area contributed by atoms with Crippen LogP contribution in [0.2, 0.25) is 0 Å². The van der Waals surface area contributed by atoms with Gasteiger partial charge in [0.15, 0.2) is 0 Å². The molecule has 2 saturated heterocycles. The topological polar surface area (TPSA) is 136 Å². The van der Waals surface area contributed by atoms with E-state index in [2.05, 4.69) is 10.6 Å². The van der Waals surface area contributed by atoms with Crippen molar-refractivity contribution in [3.63, 3.8) is 0 Å². The Morgan fingerprint density at radius 2 is 0.833 bits per heavy atom. The maximum absolute atomic E-state index is 12.8. The lowest BCUT2D eigenvalue weighted by Crippen LogP contribution is -2.49. The van der Waals surface area contributed by atoms with E-state index in [1.54, 1.807) is 9.80 Å². The van der Waals surface area contributed by atoms with E-state index in [1.807, 2.05) is 163 Å². The van der Waals surface area contributed by atoms with Crippen LogP contribution in [0.25, 0.3) is 0 Å². The molecule has 4 aromatic rings. The van der Waals surface area contributed by atoms with Crippen LogP contribution in [0.5, 0.6) is 0 Å². The highest BCUT2D eigenvalue weighted by Gasteiger charge is 2.37. The number of benzene rings is 4. The quantitative estimate of drug-likeness (QED) is 0.168.